The number of allylic oxidation sites excluding steroid dienone is 7. The number of rotatable bonds is 6. The molecule has 0 aromatic heterocycles. The van der Waals surface area contributed by atoms with Crippen LogP contribution in [0.2, 0.25) is 0 Å². The highest BCUT2D eigenvalue weighted by Gasteiger charge is 2.28. The SMILES string of the molecule is Cc1ccc(-c2cccc(-c3ccc(N(C4=CCC(C)(C5=CC=CCC5)C=C4)c4ccccc4)cc3)c2)cc1. The van der Waals surface area contributed by atoms with Crippen molar-refractivity contribution in [3.8, 4) is 22.3 Å². The van der Waals surface area contributed by atoms with Gasteiger partial charge >= 0.3 is 0 Å². The second-order valence-electron chi connectivity index (χ2n) is 10.9. The van der Waals surface area contributed by atoms with Gasteiger partial charge in [-0.3, -0.25) is 0 Å². The zero-order chi connectivity index (χ0) is 26.7. The first-order chi connectivity index (χ1) is 19.1. The van der Waals surface area contributed by atoms with Crippen molar-refractivity contribution < 1.29 is 0 Å². The van der Waals surface area contributed by atoms with E-state index in [4.69, 9.17) is 0 Å². The third kappa shape index (κ3) is 5.31. The first-order valence-corrected chi connectivity index (χ1v) is 14.0. The van der Waals surface area contributed by atoms with E-state index in [9.17, 15) is 0 Å². The second-order valence-corrected chi connectivity index (χ2v) is 10.9. The monoisotopic (exact) mass is 505 g/mol. The van der Waals surface area contributed by atoms with E-state index in [1.54, 1.807) is 0 Å². The molecule has 1 heteroatoms. The molecule has 0 bridgehead atoms. The fraction of sp³-hybridized carbons (Fsp3) is 0.158. The van der Waals surface area contributed by atoms with Gasteiger partial charge in [-0.15, -0.1) is 0 Å². The van der Waals surface area contributed by atoms with Crippen LogP contribution in [-0.4, -0.2) is 0 Å². The highest BCUT2D eigenvalue weighted by Crippen LogP contribution is 2.42. The van der Waals surface area contributed by atoms with E-state index in [-0.39, 0.29) is 5.41 Å². The summed E-state index contributed by atoms with van der Waals surface area (Å²) >= 11 is 0. The average Bonchev–Trinajstić information content (AvgIpc) is 3.00. The minimum absolute atomic E-state index is 0.0863. The van der Waals surface area contributed by atoms with Crippen LogP contribution in [0, 0.1) is 12.3 Å². The number of para-hydroxylation sites is 1. The zero-order valence-corrected chi connectivity index (χ0v) is 22.8. The third-order valence-electron chi connectivity index (χ3n) is 8.08. The van der Waals surface area contributed by atoms with Crippen LogP contribution in [0.3, 0.4) is 0 Å². The van der Waals surface area contributed by atoms with E-state index in [1.165, 1.54) is 50.5 Å². The molecule has 0 radical (unpaired) electrons. The summed E-state index contributed by atoms with van der Waals surface area (Å²) in [6.45, 7) is 4.50. The van der Waals surface area contributed by atoms with E-state index in [0.29, 0.717) is 0 Å². The maximum atomic E-state index is 2.41. The summed E-state index contributed by atoms with van der Waals surface area (Å²) in [5.74, 6) is 0. The number of anilines is 2. The summed E-state index contributed by atoms with van der Waals surface area (Å²) in [7, 11) is 0. The summed E-state index contributed by atoms with van der Waals surface area (Å²) < 4.78 is 0. The molecular weight excluding hydrogens is 470 g/mol. The fourth-order valence-corrected chi connectivity index (χ4v) is 5.66. The largest absolute Gasteiger partial charge is 0.311 e. The fourth-order valence-electron chi connectivity index (χ4n) is 5.66. The highest BCUT2D eigenvalue weighted by molar-refractivity contribution is 5.76. The lowest BCUT2D eigenvalue weighted by Crippen LogP contribution is -2.23. The van der Waals surface area contributed by atoms with Crippen molar-refractivity contribution in [2.75, 3.05) is 4.90 Å². The van der Waals surface area contributed by atoms with Crippen LogP contribution in [0.4, 0.5) is 11.4 Å². The van der Waals surface area contributed by atoms with Crippen LogP contribution in [0.25, 0.3) is 22.3 Å². The van der Waals surface area contributed by atoms with E-state index >= 15 is 0 Å². The molecule has 4 aromatic carbocycles. The maximum absolute atomic E-state index is 2.41. The van der Waals surface area contributed by atoms with Gasteiger partial charge in [-0.05, 0) is 84.8 Å². The highest BCUT2D eigenvalue weighted by atomic mass is 15.1. The van der Waals surface area contributed by atoms with Gasteiger partial charge in [0.05, 0.1) is 0 Å². The molecule has 0 spiro atoms. The first-order valence-electron chi connectivity index (χ1n) is 14.0. The Morgan fingerprint density at radius 2 is 1.36 bits per heavy atom. The molecule has 2 aliphatic carbocycles. The summed E-state index contributed by atoms with van der Waals surface area (Å²) in [6, 6.07) is 37.3. The minimum Gasteiger partial charge on any atom is -0.311 e. The number of aryl methyl sites for hydroxylation is 1. The van der Waals surface area contributed by atoms with Crippen molar-refractivity contribution in [2.24, 2.45) is 5.41 Å². The molecule has 0 N–H and O–H groups in total. The van der Waals surface area contributed by atoms with Crippen molar-refractivity contribution >= 4 is 11.4 Å². The molecule has 0 saturated carbocycles. The predicted octanol–water partition coefficient (Wildman–Crippen LogP) is 10.6. The average molecular weight is 506 g/mol. The molecule has 2 aliphatic rings. The van der Waals surface area contributed by atoms with Crippen LogP contribution in [0.15, 0.2) is 151 Å². The molecule has 0 fully saturated rings. The zero-order valence-electron chi connectivity index (χ0n) is 22.8. The van der Waals surface area contributed by atoms with Crippen molar-refractivity contribution in [1.82, 2.24) is 0 Å². The molecule has 6 rings (SSSR count). The molecule has 192 valence electrons. The molecule has 39 heavy (non-hydrogen) atoms. The smallest absolute Gasteiger partial charge is 0.0461 e. The van der Waals surface area contributed by atoms with Crippen molar-refractivity contribution in [3.63, 3.8) is 0 Å². The Balaban J connectivity index is 1.30. The number of nitrogens with zero attached hydrogens (tertiary/aromatic N) is 1. The molecule has 1 unspecified atom stereocenters. The summed E-state index contributed by atoms with van der Waals surface area (Å²) in [5.41, 5.74) is 11.4. The molecular formula is C38H35N. The van der Waals surface area contributed by atoms with Crippen molar-refractivity contribution in [1.29, 1.82) is 0 Å². The molecule has 0 saturated heterocycles. The van der Waals surface area contributed by atoms with Gasteiger partial charge in [-0.25, -0.2) is 0 Å². The normalized spacial score (nSPS) is 18.4. The molecule has 0 heterocycles. The van der Waals surface area contributed by atoms with Gasteiger partial charge in [0, 0.05) is 22.5 Å². The lowest BCUT2D eigenvalue weighted by atomic mass is 9.73. The van der Waals surface area contributed by atoms with Crippen LogP contribution in [0.1, 0.15) is 31.7 Å². The predicted molar refractivity (Wildman–Crippen MR) is 167 cm³/mol. The quantitative estimate of drug-likeness (QED) is 0.252. The van der Waals surface area contributed by atoms with E-state index in [2.05, 4.69) is 158 Å². The maximum Gasteiger partial charge on any atom is 0.0461 e. The molecule has 1 nitrogen and oxygen atoms in total. The van der Waals surface area contributed by atoms with Gasteiger partial charge in [-0.2, -0.15) is 0 Å². The Morgan fingerprint density at radius 3 is 1.97 bits per heavy atom. The van der Waals surface area contributed by atoms with Crippen LogP contribution >= 0.6 is 0 Å². The molecule has 0 amide bonds. The van der Waals surface area contributed by atoms with Gasteiger partial charge in [0.15, 0.2) is 0 Å². The number of benzene rings is 4. The van der Waals surface area contributed by atoms with E-state index < -0.39 is 0 Å². The van der Waals surface area contributed by atoms with Crippen LogP contribution in [0.5, 0.6) is 0 Å². The Morgan fingerprint density at radius 1 is 0.692 bits per heavy atom. The van der Waals surface area contributed by atoms with Crippen molar-refractivity contribution in [2.45, 2.75) is 33.1 Å². The van der Waals surface area contributed by atoms with Gasteiger partial charge < -0.3 is 4.90 Å². The van der Waals surface area contributed by atoms with Crippen LogP contribution < -0.4 is 4.90 Å². The molecule has 0 aliphatic heterocycles. The molecule has 4 aromatic rings. The third-order valence-corrected chi connectivity index (χ3v) is 8.08. The Kier molecular flexibility index (Phi) is 6.90. The standard InChI is InChI=1S/C38H35N/c1-29-16-18-30(19-17-29)32-10-9-11-33(28-32)31-20-22-36(23-21-31)39(35-14-7-4-8-15-35)37-24-26-38(2,27-25-37)34-12-5-3-6-13-34/h3-5,7-12,14-26,28H,6,13,27H2,1-2H3. The Labute approximate surface area is 233 Å². The van der Waals surface area contributed by atoms with E-state index in [1.807, 2.05) is 0 Å². The summed E-state index contributed by atoms with van der Waals surface area (Å²) in [5, 5.41) is 0. The first kappa shape index (κ1) is 24.9. The summed E-state index contributed by atoms with van der Waals surface area (Å²) in [4.78, 5) is 2.37. The van der Waals surface area contributed by atoms with Gasteiger partial charge in [-0.1, -0.05) is 121 Å². The lowest BCUT2D eigenvalue weighted by Gasteiger charge is -2.35. The lowest BCUT2D eigenvalue weighted by molar-refractivity contribution is 0.492. The van der Waals surface area contributed by atoms with Crippen LogP contribution in [-0.2, 0) is 0 Å². The molecule has 1 atom stereocenters. The van der Waals surface area contributed by atoms with Crippen molar-refractivity contribution in [3.05, 3.63) is 156 Å². The Bertz CT molecular complexity index is 1570. The number of hydrogen-bond acceptors (Lipinski definition) is 1. The topological polar surface area (TPSA) is 3.24 Å². The van der Waals surface area contributed by atoms with E-state index in [0.717, 1.165) is 19.3 Å². The van der Waals surface area contributed by atoms with Gasteiger partial charge in [0.25, 0.3) is 0 Å². The minimum atomic E-state index is 0.0863. The summed E-state index contributed by atoms with van der Waals surface area (Å²) in [6.07, 6.45) is 17.2. The van der Waals surface area contributed by atoms with Gasteiger partial charge in [0.2, 0.25) is 0 Å². The van der Waals surface area contributed by atoms with Gasteiger partial charge in [0.1, 0.15) is 0 Å². The number of hydrogen-bond donors (Lipinski definition) is 0. The Hall–Kier alpha value is -4.36. The second kappa shape index (κ2) is 10.8.